The number of halogens is 2. The van der Waals surface area contributed by atoms with Gasteiger partial charge in [0.15, 0.2) is 0 Å². The van der Waals surface area contributed by atoms with Crippen LogP contribution in [0.15, 0.2) is 57.9 Å². The Labute approximate surface area is 154 Å². The largest absolute Gasteiger partial charge is 0.462 e. The third-order valence-corrected chi connectivity index (χ3v) is 5.47. The summed E-state index contributed by atoms with van der Waals surface area (Å²) in [4.78, 5) is 12.0. The zero-order chi connectivity index (χ0) is 18.6. The van der Waals surface area contributed by atoms with E-state index in [-0.39, 0.29) is 16.7 Å². The van der Waals surface area contributed by atoms with Gasteiger partial charge in [0.25, 0.3) is 10.0 Å². The molecule has 0 heterocycles. The summed E-state index contributed by atoms with van der Waals surface area (Å²) in [7, 11) is -4.03. The van der Waals surface area contributed by atoms with Gasteiger partial charge in [-0.15, -0.1) is 0 Å². The molecule has 5 nitrogen and oxygen atoms in total. The molecule has 0 amide bonds. The number of esters is 1. The fourth-order valence-electron chi connectivity index (χ4n) is 2.07. The van der Waals surface area contributed by atoms with Crippen LogP contribution in [0.2, 0.25) is 0 Å². The highest BCUT2D eigenvalue weighted by Gasteiger charge is 2.28. The van der Waals surface area contributed by atoms with Gasteiger partial charge in [-0.3, -0.25) is 9.10 Å². The second-order valence-electron chi connectivity index (χ2n) is 5.48. The molecule has 0 aliphatic rings. The van der Waals surface area contributed by atoms with Crippen LogP contribution in [-0.2, 0) is 19.6 Å². The summed E-state index contributed by atoms with van der Waals surface area (Å²) in [6.45, 7) is 2.83. The highest BCUT2D eigenvalue weighted by molar-refractivity contribution is 9.10. The minimum Gasteiger partial charge on any atom is -0.462 e. The topological polar surface area (TPSA) is 63.7 Å². The van der Waals surface area contributed by atoms with Crippen molar-refractivity contribution in [2.75, 3.05) is 10.8 Å². The molecule has 8 heteroatoms. The van der Waals surface area contributed by atoms with Crippen molar-refractivity contribution in [1.82, 2.24) is 0 Å². The lowest BCUT2D eigenvalue weighted by Crippen LogP contribution is -2.37. The summed E-state index contributed by atoms with van der Waals surface area (Å²) in [5.74, 6) is -1.20. The molecule has 2 rings (SSSR count). The lowest BCUT2D eigenvalue weighted by Gasteiger charge is -2.24. The molecule has 0 aromatic heterocycles. The van der Waals surface area contributed by atoms with E-state index < -0.39 is 28.4 Å². The number of rotatable bonds is 6. The van der Waals surface area contributed by atoms with Crippen LogP contribution in [0.1, 0.15) is 13.8 Å². The first kappa shape index (κ1) is 19.4. The molecule has 0 atom stereocenters. The van der Waals surface area contributed by atoms with Crippen LogP contribution < -0.4 is 4.31 Å². The molecule has 0 fully saturated rings. The summed E-state index contributed by atoms with van der Waals surface area (Å²) in [5.41, 5.74) is 0.171. The Kier molecular flexibility index (Phi) is 6.18. The maximum Gasteiger partial charge on any atom is 0.327 e. The van der Waals surface area contributed by atoms with E-state index in [1.165, 1.54) is 24.3 Å². The van der Waals surface area contributed by atoms with Crippen molar-refractivity contribution >= 4 is 37.6 Å². The third-order valence-electron chi connectivity index (χ3n) is 3.16. The number of hydrogen-bond acceptors (Lipinski definition) is 4. The number of carbonyl (C=O) groups excluding carboxylic acids is 1. The monoisotopic (exact) mass is 429 g/mol. The number of ether oxygens (including phenoxy) is 1. The first-order valence-electron chi connectivity index (χ1n) is 7.43. The SMILES string of the molecule is CC(C)OC(=O)CN(c1ccc(F)cc1)S(=O)(=O)c1ccc(Br)cc1. The van der Waals surface area contributed by atoms with E-state index in [0.717, 1.165) is 20.9 Å². The van der Waals surface area contributed by atoms with Crippen molar-refractivity contribution in [3.63, 3.8) is 0 Å². The van der Waals surface area contributed by atoms with Crippen LogP contribution in [0.4, 0.5) is 10.1 Å². The molecule has 0 spiro atoms. The fraction of sp³-hybridized carbons (Fsp3) is 0.235. The van der Waals surface area contributed by atoms with Gasteiger partial charge in [0.05, 0.1) is 16.7 Å². The molecule has 0 radical (unpaired) electrons. The Hall–Kier alpha value is -1.93. The standard InChI is InChI=1S/C17H17BrFNO4S/c1-12(2)24-17(21)11-20(15-7-5-14(19)6-8-15)25(22,23)16-9-3-13(18)4-10-16/h3-10,12H,11H2,1-2H3. The van der Waals surface area contributed by atoms with Crippen molar-refractivity contribution in [2.45, 2.75) is 24.8 Å². The van der Waals surface area contributed by atoms with E-state index in [9.17, 15) is 17.6 Å². The molecule has 0 aliphatic carbocycles. The van der Waals surface area contributed by atoms with E-state index >= 15 is 0 Å². The molecule has 2 aromatic rings. The summed E-state index contributed by atoms with van der Waals surface area (Å²) in [6, 6.07) is 10.9. The molecule has 2 aromatic carbocycles. The average Bonchev–Trinajstić information content (AvgIpc) is 2.53. The van der Waals surface area contributed by atoms with Crippen molar-refractivity contribution < 1.29 is 22.3 Å². The lowest BCUT2D eigenvalue weighted by molar-refractivity contribution is -0.145. The Bertz CT molecular complexity index is 836. The molecule has 134 valence electrons. The van der Waals surface area contributed by atoms with E-state index in [1.807, 2.05) is 0 Å². The molecule has 25 heavy (non-hydrogen) atoms. The second-order valence-corrected chi connectivity index (χ2v) is 8.26. The molecular weight excluding hydrogens is 413 g/mol. The van der Waals surface area contributed by atoms with Crippen LogP contribution in [0, 0.1) is 5.82 Å². The highest BCUT2D eigenvalue weighted by Crippen LogP contribution is 2.25. The number of hydrogen-bond donors (Lipinski definition) is 0. The number of nitrogens with zero attached hydrogens (tertiary/aromatic N) is 1. The Balaban J connectivity index is 2.44. The maximum absolute atomic E-state index is 13.2. The Morgan fingerprint density at radius 3 is 2.20 bits per heavy atom. The van der Waals surface area contributed by atoms with Gasteiger partial charge in [0.2, 0.25) is 0 Å². The van der Waals surface area contributed by atoms with Crippen LogP contribution in [0.3, 0.4) is 0 Å². The van der Waals surface area contributed by atoms with E-state index in [4.69, 9.17) is 4.74 Å². The molecule has 0 aliphatic heterocycles. The van der Waals surface area contributed by atoms with Gasteiger partial charge >= 0.3 is 5.97 Å². The minimum atomic E-state index is -4.03. The van der Waals surface area contributed by atoms with Crippen molar-refractivity contribution in [3.05, 3.63) is 58.8 Å². The first-order chi connectivity index (χ1) is 11.7. The molecular formula is C17H17BrFNO4S. The van der Waals surface area contributed by atoms with E-state index in [1.54, 1.807) is 26.0 Å². The third kappa shape index (κ3) is 5.02. The van der Waals surface area contributed by atoms with Gasteiger partial charge < -0.3 is 4.74 Å². The first-order valence-corrected chi connectivity index (χ1v) is 9.67. The maximum atomic E-state index is 13.2. The zero-order valence-corrected chi connectivity index (χ0v) is 16.1. The summed E-state index contributed by atoms with van der Waals surface area (Å²) in [5, 5.41) is 0. The smallest absolute Gasteiger partial charge is 0.327 e. The van der Waals surface area contributed by atoms with Gasteiger partial charge in [-0.05, 0) is 62.4 Å². The normalized spacial score (nSPS) is 11.4. The zero-order valence-electron chi connectivity index (χ0n) is 13.6. The Morgan fingerprint density at radius 1 is 1.12 bits per heavy atom. The minimum absolute atomic E-state index is 0.0115. The van der Waals surface area contributed by atoms with Crippen LogP contribution >= 0.6 is 15.9 Å². The summed E-state index contributed by atoms with van der Waals surface area (Å²) in [6.07, 6.45) is -0.377. The number of benzene rings is 2. The predicted molar refractivity (Wildman–Crippen MR) is 96.3 cm³/mol. The predicted octanol–water partition coefficient (Wildman–Crippen LogP) is 3.74. The van der Waals surface area contributed by atoms with Crippen LogP contribution in [0.5, 0.6) is 0 Å². The van der Waals surface area contributed by atoms with Crippen molar-refractivity contribution in [3.8, 4) is 0 Å². The molecule has 0 N–H and O–H groups in total. The lowest BCUT2D eigenvalue weighted by atomic mass is 10.3. The summed E-state index contributed by atoms with van der Waals surface area (Å²) >= 11 is 3.25. The van der Waals surface area contributed by atoms with E-state index in [2.05, 4.69) is 15.9 Å². The highest BCUT2D eigenvalue weighted by atomic mass is 79.9. The van der Waals surface area contributed by atoms with Gasteiger partial charge in [-0.1, -0.05) is 15.9 Å². The van der Waals surface area contributed by atoms with Crippen molar-refractivity contribution in [2.24, 2.45) is 0 Å². The van der Waals surface area contributed by atoms with Crippen molar-refractivity contribution in [1.29, 1.82) is 0 Å². The van der Waals surface area contributed by atoms with Gasteiger partial charge in [0, 0.05) is 4.47 Å². The van der Waals surface area contributed by atoms with Crippen LogP contribution in [0.25, 0.3) is 0 Å². The molecule has 0 saturated heterocycles. The number of sulfonamides is 1. The second kappa shape index (κ2) is 7.97. The fourth-order valence-corrected chi connectivity index (χ4v) is 3.75. The molecule has 0 unspecified atom stereocenters. The van der Waals surface area contributed by atoms with E-state index in [0.29, 0.717) is 0 Å². The Morgan fingerprint density at radius 2 is 1.68 bits per heavy atom. The molecule has 0 bridgehead atoms. The van der Waals surface area contributed by atoms with Crippen LogP contribution in [-0.4, -0.2) is 27.0 Å². The number of carbonyl (C=O) groups is 1. The van der Waals surface area contributed by atoms with Gasteiger partial charge in [-0.2, -0.15) is 0 Å². The number of anilines is 1. The summed E-state index contributed by atoms with van der Waals surface area (Å²) < 4.78 is 45.8. The van der Waals surface area contributed by atoms with Gasteiger partial charge in [-0.25, -0.2) is 12.8 Å². The molecule has 0 saturated carbocycles. The van der Waals surface area contributed by atoms with Gasteiger partial charge in [0.1, 0.15) is 12.4 Å². The average molecular weight is 430 g/mol. The quantitative estimate of drug-likeness (QED) is 0.656.